The van der Waals surface area contributed by atoms with E-state index >= 15 is 0 Å². The van der Waals surface area contributed by atoms with Gasteiger partial charge in [0, 0.05) is 4.47 Å². The zero-order chi connectivity index (χ0) is 9.80. The largest absolute Gasteiger partial charge is 0.406 e. The highest BCUT2D eigenvalue weighted by Crippen LogP contribution is 2.17. The van der Waals surface area contributed by atoms with Gasteiger partial charge in [-0.2, -0.15) is 0 Å². The zero-order valence-corrected chi connectivity index (χ0v) is 9.37. The molecule has 76 valence electrons. The van der Waals surface area contributed by atoms with E-state index in [2.05, 4.69) is 15.9 Å². The molecule has 1 aromatic carbocycles. The summed E-state index contributed by atoms with van der Waals surface area (Å²) in [6.45, 7) is 3.15. The van der Waals surface area contributed by atoms with E-state index in [-0.39, 0.29) is 0 Å². The van der Waals surface area contributed by atoms with Crippen LogP contribution in [0.5, 0.6) is 5.75 Å². The first-order valence-corrected chi connectivity index (χ1v) is 5.40. The highest BCUT2D eigenvalue weighted by Gasteiger charge is 2.11. The van der Waals surface area contributed by atoms with Crippen LogP contribution in [0, 0.1) is 0 Å². The van der Waals surface area contributed by atoms with Crippen LogP contribution in [-0.4, -0.2) is 31.4 Å². The van der Waals surface area contributed by atoms with Crippen molar-refractivity contribution in [3.8, 4) is 5.75 Å². The molecule has 2 rings (SSSR count). The van der Waals surface area contributed by atoms with Gasteiger partial charge < -0.3 is 9.57 Å². The van der Waals surface area contributed by atoms with E-state index in [9.17, 15) is 0 Å². The molecule has 0 bridgehead atoms. The Hall–Kier alpha value is -0.580. The number of hydrogen-bond acceptors (Lipinski definition) is 3. The van der Waals surface area contributed by atoms with E-state index in [1.54, 1.807) is 0 Å². The third kappa shape index (κ3) is 2.70. The molecule has 4 heteroatoms. The quantitative estimate of drug-likeness (QED) is 0.810. The second-order valence-corrected chi connectivity index (χ2v) is 4.00. The summed E-state index contributed by atoms with van der Waals surface area (Å²) in [7, 11) is 0. The summed E-state index contributed by atoms with van der Waals surface area (Å²) in [5, 5.41) is 1.92. The Morgan fingerprint density at radius 1 is 1.14 bits per heavy atom. The Bertz CT molecular complexity index is 283. The average molecular weight is 258 g/mol. The Balaban J connectivity index is 1.92. The van der Waals surface area contributed by atoms with Gasteiger partial charge in [0.05, 0.1) is 26.3 Å². The van der Waals surface area contributed by atoms with E-state index < -0.39 is 0 Å². The highest BCUT2D eigenvalue weighted by molar-refractivity contribution is 9.10. The summed E-state index contributed by atoms with van der Waals surface area (Å²) in [6, 6.07) is 7.82. The number of morpholine rings is 1. The van der Waals surface area contributed by atoms with Gasteiger partial charge in [0.15, 0.2) is 0 Å². The monoisotopic (exact) mass is 257 g/mol. The predicted molar refractivity (Wildman–Crippen MR) is 57.2 cm³/mol. The molecular weight excluding hydrogens is 246 g/mol. The van der Waals surface area contributed by atoms with Crippen molar-refractivity contribution in [1.29, 1.82) is 0 Å². The van der Waals surface area contributed by atoms with E-state index in [1.807, 2.05) is 29.3 Å². The Labute approximate surface area is 91.7 Å². The minimum absolute atomic E-state index is 0.747. The lowest BCUT2D eigenvalue weighted by atomic mass is 10.3. The number of ether oxygens (including phenoxy) is 1. The first-order chi connectivity index (χ1) is 6.84. The second kappa shape index (κ2) is 4.77. The molecule has 0 N–H and O–H groups in total. The van der Waals surface area contributed by atoms with E-state index in [4.69, 9.17) is 9.57 Å². The smallest absolute Gasteiger partial charge is 0.147 e. The third-order valence-corrected chi connectivity index (χ3v) is 2.55. The summed E-state index contributed by atoms with van der Waals surface area (Å²) in [4.78, 5) is 5.64. The summed E-state index contributed by atoms with van der Waals surface area (Å²) >= 11 is 3.38. The van der Waals surface area contributed by atoms with Gasteiger partial charge in [-0.15, -0.1) is 5.06 Å². The van der Waals surface area contributed by atoms with Crippen molar-refractivity contribution in [2.45, 2.75) is 0 Å². The summed E-state index contributed by atoms with van der Waals surface area (Å²) in [5.41, 5.74) is 0. The lowest BCUT2D eigenvalue weighted by Crippen LogP contribution is -2.38. The minimum Gasteiger partial charge on any atom is -0.406 e. The van der Waals surface area contributed by atoms with Crippen molar-refractivity contribution < 1.29 is 9.57 Å². The number of benzene rings is 1. The molecule has 0 radical (unpaired) electrons. The number of nitrogens with zero attached hydrogens (tertiary/aromatic N) is 1. The molecule has 0 saturated carbocycles. The number of halogens is 1. The second-order valence-electron chi connectivity index (χ2n) is 3.09. The maximum Gasteiger partial charge on any atom is 0.147 e. The molecule has 14 heavy (non-hydrogen) atoms. The van der Waals surface area contributed by atoms with Gasteiger partial charge in [0.25, 0.3) is 0 Å². The molecule has 0 aromatic heterocycles. The molecule has 0 unspecified atom stereocenters. The van der Waals surface area contributed by atoms with Crippen LogP contribution in [0.2, 0.25) is 0 Å². The lowest BCUT2D eigenvalue weighted by molar-refractivity contribution is -0.118. The Morgan fingerprint density at radius 3 is 2.43 bits per heavy atom. The van der Waals surface area contributed by atoms with Crippen LogP contribution in [0.4, 0.5) is 0 Å². The number of hydroxylamine groups is 2. The van der Waals surface area contributed by atoms with Gasteiger partial charge in [0.2, 0.25) is 0 Å². The minimum atomic E-state index is 0.747. The van der Waals surface area contributed by atoms with Crippen LogP contribution in [0.1, 0.15) is 0 Å². The molecule has 0 spiro atoms. The topological polar surface area (TPSA) is 21.7 Å². The molecule has 0 atom stereocenters. The summed E-state index contributed by atoms with van der Waals surface area (Å²) < 4.78 is 6.29. The van der Waals surface area contributed by atoms with Gasteiger partial charge in [0.1, 0.15) is 5.75 Å². The highest BCUT2D eigenvalue weighted by atomic mass is 79.9. The van der Waals surface area contributed by atoms with E-state index in [0.717, 1.165) is 36.5 Å². The van der Waals surface area contributed by atoms with Gasteiger partial charge in [-0.3, -0.25) is 0 Å². The first kappa shape index (κ1) is 9.96. The van der Waals surface area contributed by atoms with Crippen LogP contribution in [0.15, 0.2) is 28.7 Å². The normalized spacial score (nSPS) is 18.1. The molecule has 1 fully saturated rings. The maximum atomic E-state index is 5.64. The molecule has 0 aliphatic carbocycles. The fourth-order valence-electron chi connectivity index (χ4n) is 1.28. The van der Waals surface area contributed by atoms with Crippen LogP contribution in [-0.2, 0) is 4.74 Å². The molecular formula is C10H12BrNO2. The number of hydrogen-bond donors (Lipinski definition) is 0. The lowest BCUT2D eigenvalue weighted by Gasteiger charge is -2.26. The summed E-state index contributed by atoms with van der Waals surface area (Å²) in [5.74, 6) is 0.870. The van der Waals surface area contributed by atoms with Crippen molar-refractivity contribution in [2.24, 2.45) is 0 Å². The fourth-order valence-corrected chi connectivity index (χ4v) is 1.55. The average Bonchev–Trinajstić information content (AvgIpc) is 2.23. The van der Waals surface area contributed by atoms with Gasteiger partial charge in [-0.05, 0) is 24.3 Å². The van der Waals surface area contributed by atoms with Gasteiger partial charge in [-0.25, -0.2) is 0 Å². The van der Waals surface area contributed by atoms with Crippen molar-refractivity contribution in [3.63, 3.8) is 0 Å². The van der Waals surface area contributed by atoms with Crippen LogP contribution >= 0.6 is 15.9 Å². The molecule has 1 aliphatic heterocycles. The maximum absolute atomic E-state index is 5.64. The van der Waals surface area contributed by atoms with Crippen LogP contribution in [0.25, 0.3) is 0 Å². The standard InChI is InChI=1S/C10H12BrNO2/c11-9-1-3-10(4-2-9)14-12-5-7-13-8-6-12/h1-4H,5-8H2. The van der Waals surface area contributed by atoms with Crippen molar-refractivity contribution in [3.05, 3.63) is 28.7 Å². The molecule has 1 aromatic rings. The SMILES string of the molecule is Brc1ccc(ON2CCOCC2)cc1. The molecule has 1 heterocycles. The molecule has 1 aliphatic rings. The van der Waals surface area contributed by atoms with Gasteiger partial charge in [-0.1, -0.05) is 15.9 Å². The molecule has 3 nitrogen and oxygen atoms in total. The van der Waals surface area contributed by atoms with E-state index in [0.29, 0.717) is 0 Å². The van der Waals surface area contributed by atoms with E-state index in [1.165, 1.54) is 0 Å². The van der Waals surface area contributed by atoms with Crippen LogP contribution < -0.4 is 4.84 Å². The zero-order valence-electron chi connectivity index (χ0n) is 7.78. The fraction of sp³-hybridized carbons (Fsp3) is 0.400. The van der Waals surface area contributed by atoms with Crippen molar-refractivity contribution in [2.75, 3.05) is 26.3 Å². The van der Waals surface area contributed by atoms with Gasteiger partial charge >= 0.3 is 0 Å². The molecule has 1 saturated heterocycles. The first-order valence-electron chi connectivity index (χ1n) is 4.61. The Morgan fingerprint density at radius 2 is 1.79 bits per heavy atom. The molecule has 0 amide bonds. The third-order valence-electron chi connectivity index (χ3n) is 2.02. The van der Waals surface area contributed by atoms with Crippen molar-refractivity contribution >= 4 is 15.9 Å². The predicted octanol–water partition coefficient (Wildman–Crippen LogP) is 2.08. The number of rotatable bonds is 2. The Kier molecular flexibility index (Phi) is 3.39. The van der Waals surface area contributed by atoms with Crippen LogP contribution in [0.3, 0.4) is 0 Å². The van der Waals surface area contributed by atoms with Crippen molar-refractivity contribution in [1.82, 2.24) is 5.06 Å². The summed E-state index contributed by atoms with van der Waals surface area (Å²) in [6.07, 6.45) is 0.